The second-order valence-electron chi connectivity index (χ2n) is 4.27. The zero-order valence-corrected chi connectivity index (χ0v) is 11.9. The molecule has 0 saturated carbocycles. The van der Waals surface area contributed by atoms with Crippen LogP contribution in [0.5, 0.6) is 5.75 Å². The molecular weight excluding hydrogens is 252 g/mol. The van der Waals surface area contributed by atoms with E-state index in [-0.39, 0.29) is 0 Å². The highest BCUT2D eigenvalue weighted by atomic mass is 16.5. The Morgan fingerprint density at radius 1 is 1.10 bits per heavy atom. The van der Waals surface area contributed by atoms with E-state index in [0.717, 1.165) is 30.2 Å². The van der Waals surface area contributed by atoms with Crippen molar-refractivity contribution in [1.82, 2.24) is 9.97 Å². The molecule has 1 aromatic heterocycles. The van der Waals surface area contributed by atoms with Gasteiger partial charge in [-0.2, -0.15) is 4.98 Å². The van der Waals surface area contributed by atoms with Gasteiger partial charge in [0.2, 0.25) is 5.95 Å². The van der Waals surface area contributed by atoms with Gasteiger partial charge in [0.15, 0.2) is 0 Å². The van der Waals surface area contributed by atoms with Crippen molar-refractivity contribution in [3.8, 4) is 5.75 Å². The molecule has 0 unspecified atom stereocenters. The third-order valence-corrected chi connectivity index (χ3v) is 2.63. The molecule has 106 valence electrons. The lowest BCUT2D eigenvalue weighted by molar-refractivity contribution is 0.340. The zero-order chi connectivity index (χ0) is 14.2. The molecule has 1 heterocycles. The average Bonchev–Trinajstić information content (AvgIpc) is 2.48. The van der Waals surface area contributed by atoms with Crippen LogP contribution in [0.4, 0.5) is 17.5 Å². The summed E-state index contributed by atoms with van der Waals surface area (Å²) in [6.45, 7) is 5.66. The minimum Gasteiger partial charge on any atom is -0.494 e. The fourth-order valence-electron chi connectivity index (χ4n) is 1.70. The molecule has 0 aliphatic carbocycles. The van der Waals surface area contributed by atoms with Crippen molar-refractivity contribution in [3.63, 3.8) is 0 Å². The van der Waals surface area contributed by atoms with Crippen LogP contribution in [0.1, 0.15) is 20.3 Å². The maximum Gasteiger partial charge on any atom is 0.229 e. The summed E-state index contributed by atoms with van der Waals surface area (Å²) in [5.41, 5.74) is 0.932. The highest BCUT2D eigenvalue weighted by Gasteiger charge is 2.00. The molecule has 0 aliphatic rings. The van der Waals surface area contributed by atoms with Gasteiger partial charge in [0.05, 0.1) is 6.61 Å². The Balaban J connectivity index is 2.01. The molecular formula is C15H20N4O. The van der Waals surface area contributed by atoms with Crippen LogP contribution in [0.2, 0.25) is 0 Å². The summed E-state index contributed by atoms with van der Waals surface area (Å²) in [6, 6.07) is 9.59. The molecule has 20 heavy (non-hydrogen) atoms. The van der Waals surface area contributed by atoms with Gasteiger partial charge in [-0.3, -0.25) is 0 Å². The van der Waals surface area contributed by atoms with Gasteiger partial charge in [-0.25, -0.2) is 4.98 Å². The van der Waals surface area contributed by atoms with Crippen LogP contribution in [0, 0.1) is 0 Å². The van der Waals surface area contributed by atoms with E-state index in [4.69, 9.17) is 4.74 Å². The summed E-state index contributed by atoms with van der Waals surface area (Å²) in [7, 11) is 0. The maximum atomic E-state index is 5.41. The minimum absolute atomic E-state index is 0.579. The number of rotatable bonds is 7. The average molecular weight is 272 g/mol. The molecule has 1 aromatic carbocycles. The lowest BCUT2D eigenvalue weighted by Gasteiger charge is -2.08. The molecule has 2 N–H and O–H groups in total. The molecule has 0 atom stereocenters. The summed E-state index contributed by atoms with van der Waals surface area (Å²) in [5, 5.41) is 6.41. The smallest absolute Gasteiger partial charge is 0.229 e. The van der Waals surface area contributed by atoms with Crippen LogP contribution in [0.25, 0.3) is 0 Å². The van der Waals surface area contributed by atoms with Gasteiger partial charge in [-0.15, -0.1) is 0 Å². The SMILES string of the molecule is CCCNc1ccnc(Nc2ccc(OCC)cc2)n1. The lowest BCUT2D eigenvalue weighted by Crippen LogP contribution is -2.04. The molecule has 0 fully saturated rings. The van der Waals surface area contributed by atoms with E-state index in [1.807, 2.05) is 37.3 Å². The van der Waals surface area contributed by atoms with Crippen molar-refractivity contribution in [2.75, 3.05) is 23.8 Å². The van der Waals surface area contributed by atoms with Crippen LogP contribution in [-0.4, -0.2) is 23.1 Å². The van der Waals surface area contributed by atoms with Gasteiger partial charge in [-0.1, -0.05) is 6.92 Å². The number of nitrogens with zero attached hydrogens (tertiary/aromatic N) is 2. The van der Waals surface area contributed by atoms with Crippen LogP contribution < -0.4 is 15.4 Å². The van der Waals surface area contributed by atoms with E-state index in [0.29, 0.717) is 12.6 Å². The zero-order valence-electron chi connectivity index (χ0n) is 11.9. The van der Waals surface area contributed by atoms with Crippen LogP contribution in [0.15, 0.2) is 36.5 Å². The molecule has 0 spiro atoms. The summed E-state index contributed by atoms with van der Waals surface area (Å²) in [4.78, 5) is 8.61. The quantitative estimate of drug-likeness (QED) is 0.808. The minimum atomic E-state index is 0.579. The first-order valence-corrected chi connectivity index (χ1v) is 6.88. The van der Waals surface area contributed by atoms with Crippen molar-refractivity contribution in [2.45, 2.75) is 20.3 Å². The molecule has 5 nitrogen and oxygen atoms in total. The molecule has 0 aliphatic heterocycles. The van der Waals surface area contributed by atoms with E-state index in [9.17, 15) is 0 Å². The van der Waals surface area contributed by atoms with E-state index in [1.54, 1.807) is 6.20 Å². The van der Waals surface area contributed by atoms with Crippen molar-refractivity contribution in [1.29, 1.82) is 0 Å². The van der Waals surface area contributed by atoms with Crippen molar-refractivity contribution in [3.05, 3.63) is 36.5 Å². The topological polar surface area (TPSA) is 59.1 Å². The molecule has 0 bridgehead atoms. The highest BCUT2D eigenvalue weighted by Crippen LogP contribution is 2.18. The predicted octanol–water partition coefficient (Wildman–Crippen LogP) is 3.44. The Morgan fingerprint density at radius 3 is 2.60 bits per heavy atom. The Labute approximate surface area is 119 Å². The Morgan fingerprint density at radius 2 is 1.90 bits per heavy atom. The molecule has 0 amide bonds. The molecule has 0 radical (unpaired) electrons. The maximum absolute atomic E-state index is 5.41. The van der Waals surface area contributed by atoms with E-state index < -0.39 is 0 Å². The van der Waals surface area contributed by atoms with E-state index in [2.05, 4.69) is 27.5 Å². The van der Waals surface area contributed by atoms with E-state index >= 15 is 0 Å². The fraction of sp³-hybridized carbons (Fsp3) is 0.333. The molecule has 2 aromatic rings. The number of hydrogen-bond donors (Lipinski definition) is 2. The number of ether oxygens (including phenoxy) is 1. The normalized spacial score (nSPS) is 10.1. The summed E-state index contributed by atoms with van der Waals surface area (Å²) in [6.07, 6.45) is 2.80. The van der Waals surface area contributed by atoms with E-state index in [1.165, 1.54) is 0 Å². The Hall–Kier alpha value is -2.30. The first-order valence-electron chi connectivity index (χ1n) is 6.88. The Bertz CT molecular complexity index is 528. The number of aromatic nitrogens is 2. The number of nitrogens with one attached hydrogen (secondary N) is 2. The third-order valence-electron chi connectivity index (χ3n) is 2.63. The van der Waals surface area contributed by atoms with Gasteiger partial charge in [0.1, 0.15) is 11.6 Å². The third kappa shape index (κ3) is 4.12. The second kappa shape index (κ2) is 7.33. The van der Waals surface area contributed by atoms with Gasteiger partial charge in [0, 0.05) is 18.4 Å². The van der Waals surface area contributed by atoms with Gasteiger partial charge in [-0.05, 0) is 43.7 Å². The van der Waals surface area contributed by atoms with Crippen LogP contribution in [-0.2, 0) is 0 Å². The first-order chi connectivity index (χ1) is 9.81. The van der Waals surface area contributed by atoms with Crippen LogP contribution >= 0.6 is 0 Å². The second-order valence-corrected chi connectivity index (χ2v) is 4.27. The number of benzene rings is 1. The first kappa shape index (κ1) is 14.1. The molecule has 5 heteroatoms. The number of hydrogen-bond acceptors (Lipinski definition) is 5. The van der Waals surface area contributed by atoms with Gasteiger partial charge < -0.3 is 15.4 Å². The van der Waals surface area contributed by atoms with Gasteiger partial charge in [0.25, 0.3) is 0 Å². The summed E-state index contributed by atoms with van der Waals surface area (Å²) >= 11 is 0. The predicted molar refractivity (Wildman–Crippen MR) is 81.7 cm³/mol. The molecule has 0 saturated heterocycles. The van der Waals surface area contributed by atoms with Crippen molar-refractivity contribution < 1.29 is 4.74 Å². The lowest BCUT2D eigenvalue weighted by atomic mass is 10.3. The van der Waals surface area contributed by atoms with Crippen molar-refractivity contribution >= 4 is 17.5 Å². The van der Waals surface area contributed by atoms with Gasteiger partial charge >= 0.3 is 0 Å². The Kier molecular flexibility index (Phi) is 5.17. The fourth-order valence-corrected chi connectivity index (χ4v) is 1.70. The standard InChI is InChI=1S/C15H20N4O/c1-3-10-16-14-9-11-17-15(19-14)18-12-5-7-13(8-6-12)20-4-2/h5-9,11H,3-4,10H2,1-2H3,(H2,16,17,18,19). The van der Waals surface area contributed by atoms with Crippen LogP contribution in [0.3, 0.4) is 0 Å². The van der Waals surface area contributed by atoms with Crippen molar-refractivity contribution in [2.24, 2.45) is 0 Å². The monoisotopic (exact) mass is 272 g/mol. The molecule has 2 rings (SSSR count). The summed E-state index contributed by atoms with van der Waals surface area (Å²) in [5.74, 6) is 2.27. The highest BCUT2D eigenvalue weighted by molar-refractivity contribution is 5.55. The number of anilines is 3. The summed E-state index contributed by atoms with van der Waals surface area (Å²) < 4.78 is 5.41. The largest absolute Gasteiger partial charge is 0.494 e.